The Morgan fingerprint density at radius 1 is 0.750 bits per heavy atom. The number of para-hydroxylation sites is 3. The van der Waals surface area contributed by atoms with Crippen LogP contribution >= 0.6 is 0 Å². The highest BCUT2D eigenvalue weighted by Crippen LogP contribution is 2.34. The van der Waals surface area contributed by atoms with Crippen LogP contribution in [0.2, 0.25) is 0 Å². The summed E-state index contributed by atoms with van der Waals surface area (Å²) in [6, 6.07) is 39.3. The van der Waals surface area contributed by atoms with Crippen LogP contribution in [-0.4, -0.2) is 60.3 Å². The van der Waals surface area contributed by atoms with Gasteiger partial charge in [-0.25, -0.2) is 14.2 Å². The Morgan fingerprint density at radius 2 is 1.36 bits per heavy atom. The van der Waals surface area contributed by atoms with Gasteiger partial charge in [-0.2, -0.15) is 13.2 Å². The van der Waals surface area contributed by atoms with Gasteiger partial charge < -0.3 is 25.4 Å². The smallest absolute Gasteiger partial charge is 0.475 e. The van der Waals surface area contributed by atoms with E-state index in [-0.39, 0.29) is 37.0 Å². The average molecular weight is 772 g/mol. The number of nitrogens with one attached hydrogen (secondary N) is 1. The van der Waals surface area contributed by atoms with Gasteiger partial charge in [0.15, 0.2) is 5.75 Å². The molecule has 0 aromatic heterocycles. The number of hydrogen-bond acceptors (Lipinski definition) is 7. The number of amides is 2. The number of piperazine rings is 1. The summed E-state index contributed by atoms with van der Waals surface area (Å²) in [7, 11) is 0. The molecule has 1 heterocycles. The van der Waals surface area contributed by atoms with Crippen LogP contribution in [0.3, 0.4) is 0 Å². The first-order valence-corrected chi connectivity index (χ1v) is 17.8. The van der Waals surface area contributed by atoms with Gasteiger partial charge in [0.25, 0.3) is 0 Å². The van der Waals surface area contributed by atoms with Crippen molar-refractivity contribution in [3.63, 3.8) is 0 Å². The molecule has 0 unspecified atom stereocenters. The van der Waals surface area contributed by atoms with E-state index >= 15 is 0 Å². The molecule has 0 aliphatic carbocycles. The van der Waals surface area contributed by atoms with Crippen molar-refractivity contribution in [2.24, 2.45) is 5.73 Å². The third-order valence-corrected chi connectivity index (χ3v) is 8.78. The molecule has 14 heteroatoms. The van der Waals surface area contributed by atoms with E-state index in [0.29, 0.717) is 36.8 Å². The maximum atomic E-state index is 14.0. The zero-order valence-electron chi connectivity index (χ0n) is 30.3. The first-order valence-electron chi connectivity index (χ1n) is 17.8. The standard InChI is InChI=1S/C40H40FN5O3.C2HF3O2/c41-34-19-17-33(18-20-34)32-15-13-30(14-16-32)29-46(37-11-4-5-12-38(37)49-36-10-6-7-31(27-36)28-42)40(48)22-21-39(47)43-45-25-23-44(24-26-45)35-8-2-1-3-9-35;3-2(4,5)1(6)7/h1-20,27H,21-26,28-29,42H2,(H,43,47);(H,6,7). The van der Waals surface area contributed by atoms with E-state index in [1.165, 1.54) is 17.8 Å². The highest BCUT2D eigenvalue weighted by molar-refractivity contribution is 5.96. The SMILES string of the molecule is NCc1cccc(Oc2ccccc2N(Cc2ccc(-c3ccc(F)cc3)cc2)C(=O)CCC(=O)NN2CCN(c3ccccc3)CC2)c1.O=C(O)C(F)(F)F. The van der Waals surface area contributed by atoms with Crippen LogP contribution in [0.15, 0.2) is 127 Å². The topological polar surface area (TPSA) is 128 Å². The number of benzene rings is 5. The summed E-state index contributed by atoms with van der Waals surface area (Å²) in [5.41, 5.74) is 14.3. The molecule has 1 aliphatic heterocycles. The maximum absolute atomic E-state index is 14.0. The average Bonchev–Trinajstić information content (AvgIpc) is 3.20. The van der Waals surface area contributed by atoms with Gasteiger partial charge in [-0.3, -0.25) is 15.0 Å². The van der Waals surface area contributed by atoms with E-state index in [0.717, 1.165) is 35.3 Å². The molecule has 1 fully saturated rings. The zero-order valence-corrected chi connectivity index (χ0v) is 30.3. The van der Waals surface area contributed by atoms with E-state index in [1.54, 1.807) is 17.0 Å². The first kappa shape index (κ1) is 40.9. The third kappa shape index (κ3) is 11.9. The number of nitrogens with two attached hydrogens (primary N) is 1. The lowest BCUT2D eigenvalue weighted by Gasteiger charge is -2.36. The minimum atomic E-state index is -5.08. The van der Waals surface area contributed by atoms with Crippen LogP contribution in [0.25, 0.3) is 11.1 Å². The van der Waals surface area contributed by atoms with Crippen LogP contribution in [-0.2, 0) is 27.5 Å². The number of nitrogens with zero attached hydrogens (tertiary/aromatic N) is 3. The van der Waals surface area contributed by atoms with Crippen molar-refractivity contribution < 1.29 is 41.8 Å². The number of ether oxygens (including phenoxy) is 1. The van der Waals surface area contributed by atoms with Crippen molar-refractivity contribution in [3.05, 3.63) is 144 Å². The summed E-state index contributed by atoms with van der Waals surface area (Å²) in [5, 5.41) is 9.05. The predicted molar refractivity (Wildman–Crippen MR) is 205 cm³/mol. The van der Waals surface area contributed by atoms with Crippen LogP contribution in [0.5, 0.6) is 11.5 Å². The Labute approximate surface area is 321 Å². The number of carbonyl (C=O) groups is 3. The van der Waals surface area contributed by atoms with Gasteiger partial charge in [0.1, 0.15) is 11.6 Å². The van der Waals surface area contributed by atoms with Gasteiger partial charge in [0, 0.05) is 51.3 Å². The normalized spacial score (nSPS) is 12.9. The Bertz CT molecular complexity index is 2060. The zero-order chi connectivity index (χ0) is 40.1. The van der Waals surface area contributed by atoms with Gasteiger partial charge in [0.2, 0.25) is 11.8 Å². The molecule has 292 valence electrons. The fraction of sp³-hybridized carbons (Fsp3) is 0.214. The van der Waals surface area contributed by atoms with Crippen LogP contribution in [0.1, 0.15) is 24.0 Å². The van der Waals surface area contributed by atoms with Crippen molar-refractivity contribution in [3.8, 4) is 22.6 Å². The fourth-order valence-corrected chi connectivity index (χ4v) is 5.87. The third-order valence-electron chi connectivity index (χ3n) is 8.78. The number of halogens is 4. The number of rotatable bonds is 12. The Morgan fingerprint density at radius 3 is 1.98 bits per heavy atom. The number of hydrazine groups is 1. The molecule has 6 rings (SSSR count). The maximum Gasteiger partial charge on any atom is 0.490 e. The number of aliphatic carboxylic acids is 1. The molecule has 5 aromatic rings. The molecule has 0 spiro atoms. The molecule has 1 saturated heterocycles. The lowest BCUT2D eigenvalue weighted by Crippen LogP contribution is -2.53. The van der Waals surface area contributed by atoms with Crippen LogP contribution in [0.4, 0.5) is 28.9 Å². The number of carbonyl (C=O) groups excluding carboxylic acids is 2. The highest BCUT2D eigenvalue weighted by atomic mass is 19.4. The summed E-state index contributed by atoms with van der Waals surface area (Å²) in [6.45, 7) is 3.59. The Hall–Kier alpha value is -6.25. The molecular formula is C42H41F4N5O5. The predicted octanol–water partition coefficient (Wildman–Crippen LogP) is 7.54. The minimum Gasteiger partial charge on any atom is -0.475 e. The van der Waals surface area contributed by atoms with E-state index < -0.39 is 12.1 Å². The molecule has 5 aromatic carbocycles. The fourth-order valence-electron chi connectivity index (χ4n) is 5.87. The summed E-state index contributed by atoms with van der Waals surface area (Å²) in [4.78, 5) is 39.9. The van der Waals surface area contributed by atoms with E-state index in [2.05, 4.69) is 22.5 Å². The van der Waals surface area contributed by atoms with E-state index in [4.69, 9.17) is 20.4 Å². The van der Waals surface area contributed by atoms with Gasteiger partial charge >= 0.3 is 12.1 Å². The second kappa shape index (κ2) is 19.4. The molecule has 0 saturated carbocycles. The Balaban J connectivity index is 0.000000784. The lowest BCUT2D eigenvalue weighted by atomic mass is 10.0. The molecular weight excluding hydrogens is 730 g/mol. The molecule has 0 bridgehead atoms. The molecule has 0 atom stereocenters. The summed E-state index contributed by atoms with van der Waals surface area (Å²) in [6.07, 6.45) is -5.03. The number of anilines is 2. The van der Waals surface area contributed by atoms with Crippen molar-refractivity contribution in [2.45, 2.75) is 32.1 Å². The molecule has 56 heavy (non-hydrogen) atoms. The van der Waals surface area contributed by atoms with E-state index in [9.17, 15) is 27.2 Å². The lowest BCUT2D eigenvalue weighted by molar-refractivity contribution is -0.192. The molecule has 0 radical (unpaired) electrons. The van der Waals surface area contributed by atoms with Crippen molar-refractivity contribution >= 4 is 29.2 Å². The summed E-state index contributed by atoms with van der Waals surface area (Å²) < 4.78 is 51.5. The van der Waals surface area contributed by atoms with Crippen LogP contribution < -0.4 is 25.7 Å². The largest absolute Gasteiger partial charge is 0.490 e. The summed E-state index contributed by atoms with van der Waals surface area (Å²) in [5.74, 6) is -2.34. The van der Waals surface area contributed by atoms with Gasteiger partial charge in [-0.1, -0.05) is 78.9 Å². The highest BCUT2D eigenvalue weighted by Gasteiger charge is 2.38. The molecule has 1 aliphatic rings. The quantitative estimate of drug-likeness (QED) is 0.111. The number of hydrogen-bond donors (Lipinski definition) is 3. The van der Waals surface area contributed by atoms with E-state index in [1.807, 2.05) is 96.0 Å². The molecule has 2 amide bonds. The number of carboxylic acids is 1. The van der Waals surface area contributed by atoms with Crippen molar-refractivity contribution in [1.29, 1.82) is 0 Å². The molecule has 4 N–H and O–H groups in total. The van der Waals surface area contributed by atoms with Crippen molar-refractivity contribution in [1.82, 2.24) is 10.4 Å². The minimum absolute atomic E-state index is 0.0144. The second-order valence-electron chi connectivity index (χ2n) is 12.8. The summed E-state index contributed by atoms with van der Waals surface area (Å²) >= 11 is 0. The van der Waals surface area contributed by atoms with Crippen molar-refractivity contribution in [2.75, 3.05) is 36.0 Å². The Kier molecular flexibility index (Phi) is 14.2. The van der Waals surface area contributed by atoms with Gasteiger partial charge in [-0.05, 0) is 70.8 Å². The number of alkyl halides is 3. The first-order chi connectivity index (χ1) is 26.9. The number of carboxylic acid groups (broad SMARTS) is 1. The molecule has 10 nitrogen and oxygen atoms in total. The van der Waals surface area contributed by atoms with Gasteiger partial charge in [0.05, 0.1) is 12.2 Å². The monoisotopic (exact) mass is 771 g/mol. The van der Waals surface area contributed by atoms with Crippen LogP contribution in [0, 0.1) is 5.82 Å². The van der Waals surface area contributed by atoms with Gasteiger partial charge in [-0.15, -0.1) is 0 Å². The second-order valence-corrected chi connectivity index (χ2v) is 12.8.